The van der Waals surface area contributed by atoms with Gasteiger partial charge in [-0.15, -0.1) is 24.0 Å². The van der Waals surface area contributed by atoms with Gasteiger partial charge in [0.05, 0.1) is 6.10 Å². The molecule has 0 aromatic rings. The highest BCUT2D eigenvalue weighted by molar-refractivity contribution is 14.0. The van der Waals surface area contributed by atoms with Crippen molar-refractivity contribution < 1.29 is 5.11 Å². The monoisotopic (exact) mass is 466 g/mol. The van der Waals surface area contributed by atoms with Crippen molar-refractivity contribution in [1.82, 2.24) is 15.5 Å². The molecule has 3 N–H and O–H groups in total. The van der Waals surface area contributed by atoms with Gasteiger partial charge in [0.2, 0.25) is 0 Å². The summed E-state index contributed by atoms with van der Waals surface area (Å²) < 4.78 is 0. The fourth-order valence-corrected chi connectivity index (χ4v) is 3.73. The summed E-state index contributed by atoms with van der Waals surface area (Å²) in [6, 6.07) is 0.463. The van der Waals surface area contributed by atoms with E-state index in [9.17, 15) is 5.11 Å². The highest BCUT2D eigenvalue weighted by atomic mass is 127. The molecule has 2 fully saturated rings. The third-order valence-corrected chi connectivity index (χ3v) is 5.23. The quantitative estimate of drug-likeness (QED) is 0.223. The van der Waals surface area contributed by atoms with Crippen LogP contribution in [0, 0.1) is 0 Å². The SMILES string of the molecule is CCNC(=NCCCCCN1CCCCC1)NC1CCC(O)CC1.I. The second-order valence-electron chi connectivity index (χ2n) is 7.37. The average molecular weight is 466 g/mol. The Labute approximate surface area is 171 Å². The lowest BCUT2D eigenvalue weighted by molar-refractivity contribution is 0.120. The Morgan fingerprint density at radius 1 is 1.04 bits per heavy atom. The molecule has 2 aliphatic rings. The van der Waals surface area contributed by atoms with Crippen molar-refractivity contribution in [3.8, 4) is 0 Å². The number of piperidine rings is 1. The Hall–Kier alpha value is -0.0800. The Bertz CT molecular complexity index is 353. The van der Waals surface area contributed by atoms with Gasteiger partial charge in [-0.25, -0.2) is 0 Å². The first-order valence-corrected chi connectivity index (χ1v) is 10.2. The largest absolute Gasteiger partial charge is 0.393 e. The molecule has 0 amide bonds. The predicted molar refractivity (Wildman–Crippen MR) is 117 cm³/mol. The molecule has 1 saturated heterocycles. The van der Waals surface area contributed by atoms with Crippen LogP contribution in [0.4, 0.5) is 0 Å². The highest BCUT2D eigenvalue weighted by Gasteiger charge is 2.19. The molecular formula is C19H39IN4O. The Morgan fingerprint density at radius 2 is 1.76 bits per heavy atom. The summed E-state index contributed by atoms with van der Waals surface area (Å²) in [5, 5.41) is 16.5. The molecule has 0 aromatic heterocycles. The number of halogens is 1. The van der Waals surface area contributed by atoms with Crippen LogP contribution in [0.5, 0.6) is 0 Å². The smallest absolute Gasteiger partial charge is 0.191 e. The zero-order chi connectivity index (χ0) is 17.0. The van der Waals surface area contributed by atoms with Gasteiger partial charge >= 0.3 is 0 Å². The number of hydrogen-bond acceptors (Lipinski definition) is 3. The van der Waals surface area contributed by atoms with E-state index in [4.69, 9.17) is 4.99 Å². The van der Waals surface area contributed by atoms with E-state index in [2.05, 4.69) is 22.5 Å². The Kier molecular flexibility index (Phi) is 12.9. The standard InChI is InChI=1S/C19H38N4O.HI/c1-2-20-19(22-17-9-11-18(24)12-10-17)21-13-5-3-6-14-23-15-7-4-8-16-23;/h17-18,24H,2-16H2,1H3,(H2,20,21,22);1H. The topological polar surface area (TPSA) is 59.9 Å². The summed E-state index contributed by atoms with van der Waals surface area (Å²) in [5.74, 6) is 0.954. The molecule has 1 aliphatic heterocycles. The number of guanidine groups is 1. The van der Waals surface area contributed by atoms with Gasteiger partial charge in [0.1, 0.15) is 0 Å². The molecule has 25 heavy (non-hydrogen) atoms. The first-order valence-electron chi connectivity index (χ1n) is 10.2. The molecule has 1 saturated carbocycles. The lowest BCUT2D eigenvalue weighted by Crippen LogP contribution is -2.45. The van der Waals surface area contributed by atoms with Gasteiger partial charge in [-0.1, -0.05) is 12.8 Å². The van der Waals surface area contributed by atoms with E-state index in [1.807, 2.05) is 0 Å². The summed E-state index contributed by atoms with van der Waals surface area (Å²) in [7, 11) is 0. The van der Waals surface area contributed by atoms with E-state index in [0.29, 0.717) is 6.04 Å². The minimum absolute atomic E-state index is 0. The molecule has 5 nitrogen and oxygen atoms in total. The third-order valence-electron chi connectivity index (χ3n) is 5.23. The number of rotatable bonds is 8. The number of hydrogen-bond donors (Lipinski definition) is 3. The second kappa shape index (κ2) is 14.0. The van der Waals surface area contributed by atoms with Crippen LogP contribution < -0.4 is 10.6 Å². The van der Waals surface area contributed by atoms with E-state index in [0.717, 1.165) is 44.7 Å². The summed E-state index contributed by atoms with van der Waals surface area (Å²) in [6.45, 7) is 7.80. The van der Waals surface area contributed by atoms with Gasteiger partial charge in [-0.05, 0) is 77.9 Å². The number of unbranched alkanes of at least 4 members (excludes halogenated alkanes) is 2. The van der Waals surface area contributed by atoms with Gasteiger partial charge in [0.15, 0.2) is 5.96 Å². The molecule has 1 heterocycles. The number of aliphatic hydroxyl groups is 1. The van der Waals surface area contributed by atoms with Crippen LogP contribution in [0.1, 0.15) is 71.1 Å². The molecule has 6 heteroatoms. The zero-order valence-corrected chi connectivity index (χ0v) is 18.3. The molecule has 0 unspecified atom stereocenters. The van der Waals surface area contributed by atoms with Crippen molar-refractivity contribution >= 4 is 29.9 Å². The van der Waals surface area contributed by atoms with Gasteiger partial charge in [0.25, 0.3) is 0 Å². The van der Waals surface area contributed by atoms with Crippen molar-refractivity contribution in [1.29, 1.82) is 0 Å². The van der Waals surface area contributed by atoms with E-state index < -0.39 is 0 Å². The fraction of sp³-hybridized carbons (Fsp3) is 0.947. The van der Waals surface area contributed by atoms with Crippen LogP contribution in [0.3, 0.4) is 0 Å². The normalized spacial score (nSPS) is 25.3. The molecule has 0 spiro atoms. The second-order valence-corrected chi connectivity index (χ2v) is 7.37. The summed E-state index contributed by atoms with van der Waals surface area (Å²) in [4.78, 5) is 7.35. The van der Waals surface area contributed by atoms with Crippen LogP contribution in [0.25, 0.3) is 0 Å². The maximum absolute atomic E-state index is 9.61. The van der Waals surface area contributed by atoms with Crippen LogP contribution >= 0.6 is 24.0 Å². The van der Waals surface area contributed by atoms with Crippen molar-refractivity contribution in [2.75, 3.05) is 32.7 Å². The summed E-state index contributed by atoms with van der Waals surface area (Å²) >= 11 is 0. The van der Waals surface area contributed by atoms with E-state index >= 15 is 0 Å². The molecule has 0 bridgehead atoms. The van der Waals surface area contributed by atoms with Crippen molar-refractivity contribution in [2.45, 2.75) is 83.3 Å². The maximum atomic E-state index is 9.61. The number of aliphatic hydroxyl groups excluding tert-OH is 1. The van der Waals surface area contributed by atoms with Crippen LogP contribution in [0.2, 0.25) is 0 Å². The molecule has 0 atom stereocenters. The van der Waals surface area contributed by atoms with Gasteiger partial charge in [0, 0.05) is 19.1 Å². The minimum Gasteiger partial charge on any atom is -0.393 e. The predicted octanol–water partition coefficient (Wildman–Crippen LogP) is 3.12. The van der Waals surface area contributed by atoms with E-state index in [1.54, 1.807) is 0 Å². The zero-order valence-electron chi connectivity index (χ0n) is 16.0. The molecular weight excluding hydrogens is 427 g/mol. The fourth-order valence-electron chi connectivity index (χ4n) is 3.73. The average Bonchev–Trinajstić information content (AvgIpc) is 2.61. The minimum atomic E-state index is -0.0949. The van der Waals surface area contributed by atoms with Gasteiger partial charge < -0.3 is 20.6 Å². The Balaban J connectivity index is 0.00000312. The summed E-state index contributed by atoms with van der Waals surface area (Å²) in [6.07, 6.45) is 11.8. The molecule has 0 aromatic carbocycles. The van der Waals surface area contributed by atoms with Gasteiger partial charge in [-0.3, -0.25) is 4.99 Å². The molecule has 148 valence electrons. The van der Waals surface area contributed by atoms with E-state index in [1.165, 1.54) is 58.2 Å². The molecule has 2 rings (SSSR count). The first-order chi connectivity index (χ1) is 11.8. The van der Waals surface area contributed by atoms with Crippen molar-refractivity contribution in [2.24, 2.45) is 4.99 Å². The van der Waals surface area contributed by atoms with Crippen LogP contribution in [-0.4, -0.2) is 60.8 Å². The lowest BCUT2D eigenvalue weighted by atomic mass is 9.93. The van der Waals surface area contributed by atoms with Crippen LogP contribution in [0.15, 0.2) is 4.99 Å². The maximum Gasteiger partial charge on any atom is 0.191 e. The van der Waals surface area contributed by atoms with Crippen LogP contribution in [-0.2, 0) is 0 Å². The Morgan fingerprint density at radius 3 is 2.44 bits per heavy atom. The number of nitrogens with one attached hydrogen (secondary N) is 2. The first kappa shape index (κ1) is 23.0. The number of likely N-dealkylation sites (tertiary alicyclic amines) is 1. The van der Waals surface area contributed by atoms with Crippen molar-refractivity contribution in [3.63, 3.8) is 0 Å². The molecule has 1 aliphatic carbocycles. The number of nitrogens with zero attached hydrogens (tertiary/aromatic N) is 2. The number of aliphatic imine (C=N–C) groups is 1. The van der Waals surface area contributed by atoms with E-state index in [-0.39, 0.29) is 30.1 Å². The summed E-state index contributed by atoms with van der Waals surface area (Å²) in [5.41, 5.74) is 0. The third kappa shape index (κ3) is 9.99. The molecule has 0 radical (unpaired) electrons. The highest BCUT2D eigenvalue weighted by Crippen LogP contribution is 2.18. The lowest BCUT2D eigenvalue weighted by Gasteiger charge is -2.27. The van der Waals surface area contributed by atoms with Gasteiger partial charge in [-0.2, -0.15) is 0 Å². The van der Waals surface area contributed by atoms with Crippen molar-refractivity contribution in [3.05, 3.63) is 0 Å².